The van der Waals surface area contributed by atoms with Gasteiger partial charge in [-0.1, -0.05) is 45.1 Å². The van der Waals surface area contributed by atoms with Crippen LogP contribution in [-0.2, 0) is 4.79 Å². The third-order valence-electron chi connectivity index (χ3n) is 4.84. The molecule has 102 valence electrons. The lowest BCUT2D eigenvalue weighted by Crippen LogP contribution is -2.24. The highest BCUT2D eigenvalue weighted by atomic mass is 16.1. The molecule has 0 heterocycles. The van der Waals surface area contributed by atoms with E-state index in [2.05, 4.69) is 13.0 Å². The summed E-state index contributed by atoms with van der Waals surface area (Å²) in [5, 5.41) is 0. The lowest BCUT2D eigenvalue weighted by atomic mass is 9.76. The standard InChI is InChI=1S/C17H28O/c1-2-14-9-8-12-16(13-14)17(18)15-10-6-4-3-5-7-11-15/h10,14,16H,2-9,11-13H2,1H3. The number of ketones is 1. The predicted octanol–water partition coefficient (Wildman–Crippen LogP) is 5.05. The van der Waals surface area contributed by atoms with Crippen molar-refractivity contribution in [2.24, 2.45) is 11.8 Å². The van der Waals surface area contributed by atoms with E-state index >= 15 is 0 Å². The maximum Gasteiger partial charge on any atom is 0.161 e. The minimum Gasteiger partial charge on any atom is -0.294 e. The van der Waals surface area contributed by atoms with Crippen LogP contribution in [0.25, 0.3) is 0 Å². The van der Waals surface area contributed by atoms with Gasteiger partial charge in [-0.25, -0.2) is 0 Å². The second-order valence-corrected chi connectivity index (χ2v) is 6.18. The molecule has 2 atom stereocenters. The summed E-state index contributed by atoms with van der Waals surface area (Å²) in [4.78, 5) is 12.6. The quantitative estimate of drug-likeness (QED) is 0.683. The van der Waals surface area contributed by atoms with Gasteiger partial charge >= 0.3 is 0 Å². The van der Waals surface area contributed by atoms with Gasteiger partial charge in [0.15, 0.2) is 5.78 Å². The Labute approximate surface area is 112 Å². The van der Waals surface area contributed by atoms with E-state index in [-0.39, 0.29) is 0 Å². The Bertz CT molecular complexity index is 303. The van der Waals surface area contributed by atoms with E-state index < -0.39 is 0 Å². The summed E-state index contributed by atoms with van der Waals surface area (Å²) < 4.78 is 0. The molecule has 18 heavy (non-hydrogen) atoms. The van der Waals surface area contributed by atoms with Crippen LogP contribution in [0.3, 0.4) is 0 Å². The molecule has 0 bridgehead atoms. The number of hydrogen-bond donors (Lipinski definition) is 0. The minimum atomic E-state index is 0.356. The van der Waals surface area contributed by atoms with Crippen LogP contribution < -0.4 is 0 Å². The maximum absolute atomic E-state index is 12.6. The number of allylic oxidation sites excluding steroid dienone is 2. The van der Waals surface area contributed by atoms with Crippen LogP contribution in [0.15, 0.2) is 11.6 Å². The number of Topliss-reactive ketones (excluding diaryl/α,β-unsaturated/α-hetero) is 1. The Kier molecular flexibility index (Phi) is 5.46. The molecule has 1 fully saturated rings. The van der Waals surface area contributed by atoms with Gasteiger partial charge in [-0.2, -0.15) is 0 Å². The first-order chi connectivity index (χ1) is 8.81. The molecule has 1 heteroatoms. The van der Waals surface area contributed by atoms with Gasteiger partial charge in [0.05, 0.1) is 0 Å². The summed E-state index contributed by atoms with van der Waals surface area (Å²) >= 11 is 0. The average Bonchev–Trinajstić information content (AvgIpc) is 2.38. The number of hydrogen-bond acceptors (Lipinski definition) is 1. The van der Waals surface area contributed by atoms with Gasteiger partial charge in [0.1, 0.15) is 0 Å². The molecule has 1 nitrogen and oxygen atoms in total. The first kappa shape index (κ1) is 13.8. The van der Waals surface area contributed by atoms with Crippen molar-refractivity contribution in [3.8, 4) is 0 Å². The van der Waals surface area contributed by atoms with E-state index in [9.17, 15) is 4.79 Å². The Morgan fingerprint density at radius 1 is 1.17 bits per heavy atom. The van der Waals surface area contributed by atoms with Gasteiger partial charge in [-0.3, -0.25) is 4.79 Å². The van der Waals surface area contributed by atoms with E-state index in [4.69, 9.17) is 0 Å². The van der Waals surface area contributed by atoms with Crippen LogP contribution in [0.1, 0.15) is 77.6 Å². The molecule has 0 spiro atoms. The fraction of sp³-hybridized carbons (Fsp3) is 0.824. The molecule has 2 rings (SSSR count). The summed E-state index contributed by atoms with van der Waals surface area (Å²) in [5.74, 6) is 1.67. The first-order valence-electron chi connectivity index (χ1n) is 8.04. The molecular formula is C17H28O. The summed E-state index contributed by atoms with van der Waals surface area (Å²) in [7, 11) is 0. The van der Waals surface area contributed by atoms with Crippen molar-refractivity contribution in [1.82, 2.24) is 0 Å². The van der Waals surface area contributed by atoms with Gasteiger partial charge in [-0.15, -0.1) is 0 Å². The zero-order chi connectivity index (χ0) is 12.8. The average molecular weight is 248 g/mol. The number of carbonyl (C=O) groups excluding carboxylic acids is 1. The summed E-state index contributed by atoms with van der Waals surface area (Å²) in [5.41, 5.74) is 1.18. The fourth-order valence-corrected chi connectivity index (χ4v) is 3.58. The van der Waals surface area contributed by atoms with Crippen molar-refractivity contribution in [3.05, 3.63) is 11.6 Å². The van der Waals surface area contributed by atoms with Gasteiger partial charge < -0.3 is 0 Å². The van der Waals surface area contributed by atoms with Crippen LogP contribution in [0.5, 0.6) is 0 Å². The van der Waals surface area contributed by atoms with Crippen LogP contribution in [0, 0.1) is 11.8 Å². The fourth-order valence-electron chi connectivity index (χ4n) is 3.58. The SMILES string of the molecule is CCC1CCCC(C(=O)C2=CCCCCCC2)C1. The lowest BCUT2D eigenvalue weighted by Gasteiger charge is -2.28. The van der Waals surface area contributed by atoms with Crippen molar-refractivity contribution in [2.45, 2.75) is 77.6 Å². The highest BCUT2D eigenvalue weighted by Gasteiger charge is 2.27. The monoisotopic (exact) mass is 248 g/mol. The van der Waals surface area contributed by atoms with Gasteiger partial charge in [0.25, 0.3) is 0 Å². The largest absolute Gasteiger partial charge is 0.294 e. The van der Waals surface area contributed by atoms with Gasteiger partial charge in [0.2, 0.25) is 0 Å². The normalized spacial score (nSPS) is 30.2. The Hall–Kier alpha value is -0.590. The van der Waals surface area contributed by atoms with Crippen LogP contribution >= 0.6 is 0 Å². The number of carbonyl (C=O) groups is 1. The smallest absolute Gasteiger partial charge is 0.161 e. The topological polar surface area (TPSA) is 17.1 Å². The zero-order valence-corrected chi connectivity index (χ0v) is 11.9. The highest BCUT2D eigenvalue weighted by Crippen LogP contribution is 2.34. The minimum absolute atomic E-state index is 0.356. The molecule has 0 N–H and O–H groups in total. The lowest BCUT2D eigenvalue weighted by molar-refractivity contribution is -0.120. The summed E-state index contributed by atoms with van der Waals surface area (Å²) in [6.45, 7) is 2.27. The molecule has 2 aliphatic carbocycles. The first-order valence-corrected chi connectivity index (χ1v) is 8.04. The van der Waals surface area contributed by atoms with Crippen molar-refractivity contribution in [2.75, 3.05) is 0 Å². The third-order valence-corrected chi connectivity index (χ3v) is 4.84. The van der Waals surface area contributed by atoms with Gasteiger partial charge in [0, 0.05) is 5.92 Å². The van der Waals surface area contributed by atoms with Crippen molar-refractivity contribution in [1.29, 1.82) is 0 Å². The van der Waals surface area contributed by atoms with Crippen molar-refractivity contribution in [3.63, 3.8) is 0 Å². The second-order valence-electron chi connectivity index (χ2n) is 6.18. The van der Waals surface area contributed by atoms with E-state index in [1.807, 2.05) is 0 Å². The van der Waals surface area contributed by atoms with Crippen LogP contribution in [0.2, 0.25) is 0 Å². The molecular weight excluding hydrogens is 220 g/mol. The molecule has 0 aliphatic heterocycles. The Morgan fingerprint density at radius 3 is 2.83 bits per heavy atom. The van der Waals surface area contributed by atoms with E-state index in [1.165, 1.54) is 50.5 Å². The van der Waals surface area contributed by atoms with Crippen LogP contribution in [0.4, 0.5) is 0 Å². The van der Waals surface area contributed by atoms with Gasteiger partial charge in [-0.05, 0) is 50.0 Å². The molecule has 2 aliphatic rings. The van der Waals surface area contributed by atoms with Crippen molar-refractivity contribution < 1.29 is 4.79 Å². The molecule has 0 aromatic carbocycles. The van der Waals surface area contributed by atoms with E-state index in [0.29, 0.717) is 11.7 Å². The van der Waals surface area contributed by atoms with E-state index in [0.717, 1.165) is 31.6 Å². The predicted molar refractivity (Wildman–Crippen MR) is 76.5 cm³/mol. The summed E-state index contributed by atoms with van der Waals surface area (Å²) in [6.07, 6.45) is 15.8. The third kappa shape index (κ3) is 3.70. The second kappa shape index (κ2) is 7.11. The summed E-state index contributed by atoms with van der Waals surface area (Å²) in [6, 6.07) is 0. The molecule has 0 aromatic rings. The molecule has 0 amide bonds. The zero-order valence-electron chi connectivity index (χ0n) is 11.9. The Balaban J connectivity index is 1.96. The number of rotatable bonds is 3. The maximum atomic E-state index is 12.6. The molecule has 1 saturated carbocycles. The molecule has 0 radical (unpaired) electrons. The Morgan fingerprint density at radius 2 is 2.00 bits per heavy atom. The highest BCUT2D eigenvalue weighted by molar-refractivity contribution is 5.97. The van der Waals surface area contributed by atoms with Crippen molar-refractivity contribution >= 4 is 5.78 Å². The molecule has 0 saturated heterocycles. The molecule has 2 unspecified atom stereocenters. The van der Waals surface area contributed by atoms with E-state index in [1.54, 1.807) is 0 Å². The molecule has 0 aromatic heterocycles. The van der Waals surface area contributed by atoms with Crippen LogP contribution in [-0.4, -0.2) is 5.78 Å².